The number of imidazole rings is 1. The van der Waals surface area contributed by atoms with Crippen LogP contribution < -0.4 is 5.32 Å². The highest BCUT2D eigenvalue weighted by molar-refractivity contribution is 5.17. The molecule has 1 fully saturated rings. The van der Waals surface area contributed by atoms with Crippen LogP contribution in [0.25, 0.3) is 0 Å². The zero-order chi connectivity index (χ0) is 10.0. The van der Waals surface area contributed by atoms with Crippen molar-refractivity contribution in [1.29, 1.82) is 0 Å². The molecule has 0 aromatic carbocycles. The van der Waals surface area contributed by atoms with Crippen LogP contribution in [0.3, 0.4) is 0 Å². The molecule has 1 aliphatic heterocycles. The largest absolute Gasteiger partial charge is 0.331 e. The van der Waals surface area contributed by atoms with Crippen LogP contribution in [0.2, 0.25) is 0 Å². The molecule has 1 N–H and O–H groups in total. The van der Waals surface area contributed by atoms with E-state index in [4.69, 9.17) is 0 Å². The number of hydrogen-bond acceptors (Lipinski definition) is 2. The molecule has 1 saturated heterocycles. The van der Waals surface area contributed by atoms with E-state index in [-0.39, 0.29) is 12.1 Å². The molecule has 1 aliphatic rings. The van der Waals surface area contributed by atoms with E-state index in [9.17, 15) is 4.39 Å². The SMILES string of the molecule is CC1(c2cncn2CCF)CCNC1. The summed E-state index contributed by atoms with van der Waals surface area (Å²) in [6.45, 7) is 4.30. The third-order valence-corrected chi connectivity index (χ3v) is 3.02. The summed E-state index contributed by atoms with van der Waals surface area (Å²) in [6, 6.07) is 0. The Morgan fingerprint density at radius 3 is 3.21 bits per heavy atom. The molecule has 1 aromatic rings. The number of rotatable bonds is 3. The third kappa shape index (κ3) is 1.54. The van der Waals surface area contributed by atoms with Gasteiger partial charge in [-0.1, -0.05) is 6.92 Å². The second-order valence-corrected chi connectivity index (χ2v) is 4.15. The van der Waals surface area contributed by atoms with E-state index in [1.807, 2.05) is 10.8 Å². The number of aryl methyl sites for hydroxylation is 1. The summed E-state index contributed by atoms with van der Waals surface area (Å²) in [7, 11) is 0. The molecule has 2 rings (SSSR count). The number of aromatic nitrogens is 2. The summed E-state index contributed by atoms with van der Waals surface area (Å²) < 4.78 is 14.2. The van der Waals surface area contributed by atoms with Crippen LogP contribution >= 0.6 is 0 Å². The van der Waals surface area contributed by atoms with Crippen LogP contribution in [0.1, 0.15) is 19.0 Å². The number of hydrogen-bond donors (Lipinski definition) is 1. The van der Waals surface area contributed by atoms with Crippen molar-refractivity contribution in [3.63, 3.8) is 0 Å². The van der Waals surface area contributed by atoms with E-state index >= 15 is 0 Å². The molecule has 0 aliphatic carbocycles. The van der Waals surface area contributed by atoms with E-state index in [1.54, 1.807) is 6.33 Å². The fourth-order valence-corrected chi connectivity index (χ4v) is 2.13. The average molecular weight is 197 g/mol. The summed E-state index contributed by atoms with van der Waals surface area (Å²) in [4.78, 5) is 4.10. The summed E-state index contributed by atoms with van der Waals surface area (Å²) in [5, 5.41) is 3.34. The first-order valence-corrected chi connectivity index (χ1v) is 5.03. The van der Waals surface area contributed by atoms with Gasteiger partial charge in [0.25, 0.3) is 0 Å². The highest BCUT2D eigenvalue weighted by Gasteiger charge is 2.33. The Hall–Kier alpha value is -0.900. The van der Waals surface area contributed by atoms with Crippen LogP contribution in [0, 0.1) is 0 Å². The monoisotopic (exact) mass is 197 g/mol. The standard InChI is InChI=1S/C10H16FN3/c1-10(2-4-12-7-10)9-6-13-8-14(9)5-3-11/h6,8,12H,2-5,7H2,1H3. The quantitative estimate of drug-likeness (QED) is 0.786. The summed E-state index contributed by atoms with van der Waals surface area (Å²) in [6.07, 6.45) is 4.69. The van der Waals surface area contributed by atoms with Crippen LogP contribution in [0.15, 0.2) is 12.5 Å². The molecule has 14 heavy (non-hydrogen) atoms. The maximum atomic E-state index is 12.3. The lowest BCUT2D eigenvalue weighted by atomic mass is 9.86. The van der Waals surface area contributed by atoms with Crippen molar-refractivity contribution in [1.82, 2.24) is 14.9 Å². The van der Waals surface area contributed by atoms with Gasteiger partial charge in [0, 0.05) is 23.9 Å². The van der Waals surface area contributed by atoms with Gasteiger partial charge in [0.15, 0.2) is 0 Å². The molecule has 78 valence electrons. The molecular weight excluding hydrogens is 181 g/mol. The van der Waals surface area contributed by atoms with Crippen molar-refractivity contribution in [2.24, 2.45) is 0 Å². The maximum absolute atomic E-state index is 12.3. The van der Waals surface area contributed by atoms with Gasteiger partial charge in [0.2, 0.25) is 0 Å². The first-order valence-electron chi connectivity index (χ1n) is 5.03. The lowest BCUT2D eigenvalue weighted by Gasteiger charge is -2.23. The van der Waals surface area contributed by atoms with Crippen LogP contribution in [0.4, 0.5) is 4.39 Å². The molecule has 3 nitrogen and oxygen atoms in total. The van der Waals surface area contributed by atoms with Crippen molar-refractivity contribution in [2.75, 3.05) is 19.8 Å². The first kappa shape index (κ1) is 9.65. The number of nitrogens with one attached hydrogen (secondary N) is 1. The molecule has 1 atom stereocenters. The van der Waals surface area contributed by atoms with Crippen molar-refractivity contribution in [3.05, 3.63) is 18.2 Å². The van der Waals surface area contributed by atoms with Crippen LogP contribution in [-0.2, 0) is 12.0 Å². The lowest BCUT2D eigenvalue weighted by Crippen LogP contribution is -2.28. The van der Waals surface area contributed by atoms with Crippen LogP contribution in [-0.4, -0.2) is 29.3 Å². The molecule has 1 unspecified atom stereocenters. The fraction of sp³-hybridized carbons (Fsp3) is 0.700. The molecule has 0 amide bonds. The van der Waals surface area contributed by atoms with E-state index < -0.39 is 0 Å². The maximum Gasteiger partial charge on any atom is 0.107 e. The molecule has 0 saturated carbocycles. The van der Waals surface area contributed by atoms with Gasteiger partial charge < -0.3 is 9.88 Å². The smallest absolute Gasteiger partial charge is 0.107 e. The minimum Gasteiger partial charge on any atom is -0.331 e. The van der Waals surface area contributed by atoms with Gasteiger partial charge in [-0.25, -0.2) is 9.37 Å². The highest BCUT2D eigenvalue weighted by atomic mass is 19.1. The lowest BCUT2D eigenvalue weighted by molar-refractivity contribution is 0.413. The molecule has 2 heterocycles. The minimum atomic E-state index is -0.327. The van der Waals surface area contributed by atoms with Gasteiger partial charge in [-0.05, 0) is 13.0 Å². The zero-order valence-corrected chi connectivity index (χ0v) is 8.46. The predicted molar refractivity (Wildman–Crippen MR) is 53.0 cm³/mol. The Bertz CT molecular complexity index is 302. The second kappa shape index (κ2) is 3.69. The normalized spacial score (nSPS) is 27.0. The van der Waals surface area contributed by atoms with Gasteiger partial charge in [-0.2, -0.15) is 0 Å². The topological polar surface area (TPSA) is 29.9 Å². The molecule has 0 radical (unpaired) electrons. The fourth-order valence-electron chi connectivity index (χ4n) is 2.13. The number of halogens is 1. The van der Waals surface area contributed by atoms with E-state index in [0.717, 1.165) is 25.2 Å². The Labute approximate surface area is 83.3 Å². The van der Waals surface area contributed by atoms with Crippen molar-refractivity contribution >= 4 is 0 Å². The summed E-state index contributed by atoms with van der Waals surface area (Å²) in [5.41, 5.74) is 1.28. The number of alkyl halides is 1. The summed E-state index contributed by atoms with van der Waals surface area (Å²) >= 11 is 0. The van der Waals surface area contributed by atoms with Gasteiger partial charge in [-0.3, -0.25) is 0 Å². The number of nitrogens with zero attached hydrogens (tertiary/aromatic N) is 2. The second-order valence-electron chi connectivity index (χ2n) is 4.15. The van der Waals surface area contributed by atoms with Crippen molar-refractivity contribution in [3.8, 4) is 0 Å². The Balaban J connectivity index is 2.25. The van der Waals surface area contributed by atoms with E-state index in [2.05, 4.69) is 17.2 Å². The van der Waals surface area contributed by atoms with Gasteiger partial charge in [-0.15, -0.1) is 0 Å². The molecule has 1 aromatic heterocycles. The van der Waals surface area contributed by atoms with Gasteiger partial charge >= 0.3 is 0 Å². The van der Waals surface area contributed by atoms with Gasteiger partial charge in [0.1, 0.15) is 6.67 Å². The molecule has 0 spiro atoms. The highest BCUT2D eigenvalue weighted by Crippen LogP contribution is 2.29. The van der Waals surface area contributed by atoms with Crippen LogP contribution in [0.5, 0.6) is 0 Å². The molecule has 4 heteroatoms. The third-order valence-electron chi connectivity index (χ3n) is 3.02. The zero-order valence-electron chi connectivity index (χ0n) is 8.46. The van der Waals surface area contributed by atoms with Crippen molar-refractivity contribution in [2.45, 2.75) is 25.3 Å². The van der Waals surface area contributed by atoms with Crippen molar-refractivity contribution < 1.29 is 4.39 Å². The Morgan fingerprint density at radius 1 is 1.71 bits per heavy atom. The molecular formula is C10H16FN3. The first-order chi connectivity index (χ1) is 6.76. The molecule has 0 bridgehead atoms. The van der Waals surface area contributed by atoms with E-state index in [0.29, 0.717) is 6.54 Å². The summed E-state index contributed by atoms with van der Waals surface area (Å²) in [5.74, 6) is 0. The average Bonchev–Trinajstić information content (AvgIpc) is 2.75. The predicted octanol–water partition coefficient (Wildman–Crippen LogP) is 1.10. The van der Waals surface area contributed by atoms with E-state index in [1.165, 1.54) is 0 Å². The van der Waals surface area contributed by atoms with Gasteiger partial charge in [0.05, 0.1) is 12.9 Å². The Kier molecular flexibility index (Phi) is 2.54. The minimum absolute atomic E-state index is 0.131. The Morgan fingerprint density at radius 2 is 2.57 bits per heavy atom.